The molecule has 0 aliphatic carbocycles. The number of ketones is 1. The SMILES string of the molecule is CCN(CC)/C(=C\C(=O)c1ccccc1)NC(=O)c1cc(Cl)ccc1Cl. The lowest BCUT2D eigenvalue weighted by molar-refractivity contribution is 0.0951. The lowest BCUT2D eigenvalue weighted by Crippen LogP contribution is -2.36. The minimum atomic E-state index is -0.420. The van der Waals surface area contributed by atoms with E-state index in [2.05, 4.69) is 5.32 Å². The van der Waals surface area contributed by atoms with Crippen LogP contribution in [0.3, 0.4) is 0 Å². The van der Waals surface area contributed by atoms with Gasteiger partial charge in [-0.25, -0.2) is 0 Å². The van der Waals surface area contributed by atoms with Crippen LogP contribution < -0.4 is 5.32 Å². The van der Waals surface area contributed by atoms with E-state index in [1.807, 2.05) is 24.8 Å². The number of rotatable bonds is 7. The first-order chi connectivity index (χ1) is 12.5. The summed E-state index contributed by atoms with van der Waals surface area (Å²) in [4.78, 5) is 27.1. The molecule has 0 aliphatic rings. The third kappa shape index (κ3) is 5.10. The topological polar surface area (TPSA) is 49.4 Å². The summed E-state index contributed by atoms with van der Waals surface area (Å²) in [5.74, 6) is -0.189. The molecule has 0 aromatic heterocycles. The largest absolute Gasteiger partial charge is 0.359 e. The Labute approximate surface area is 163 Å². The molecule has 136 valence electrons. The third-order valence-corrected chi connectivity index (χ3v) is 4.41. The summed E-state index contributed by atoms with van der Waals surface area (Å²) in [6, 6.07) is 13.6. The highest BCUT2D eigenvalue weighted by molar-refractivity contribution is 6.35. The second-order valence-electron chi connectivity index (χ2n) is 5.51. The van der Waals surface area contributed by atoms with E-state index < -0.39 is 5.91 Å². The first-order valence-corrected chi connectivity index (χ1v) is 9.04. The molecule has 1 N–H and O–H groups in total. The van der Waals surface area contributed by atoms with E-state index in [1.54, 1.807) is 36.4 Å². The molecule has 2 aromatic rings. The first kappa shape index (κ1) is 20.0. The Hall–Kier alpha value is -2.30. The molecule has 0 atom stereocenters. The molecule has 0 fully saturated rings. The van der Waals surface area contributed by atoms with Crippen molar-refractivity contribution < 1.29 is 9.59 Å². The number of hydrogen-bond donors (Lipinski definition) is 1. The Morgan fingerprint density at radius 3 is 2.31 bits per heavy atom. The van der Waals surface area contributed by atoms with E-state index in [1.165, 1.54) is 12.1 Å². The maximum Gasteiger partial charge on any atom is 0.258 e. The Balaban J connectivity index is 2.33. The number of hydrogen-bond acceptors (Lipinski definition) is 3. The van der Waals surface area contributed by atoms with Crippen LogP contribution in [0.25, 0.3) is 0 Å². The van der Waals surface area contributed by atoms with Crippen molar-refractivity contribution in [2.75, 3.05) is 13.1 Å². The molecule has 0 saturated carbocycles. The van der Waals surface area contributed by atoms with Crippen molar-refractivity contribution in [1.82, 2.24) is 10.2 Å². The van der Waals surface area contributed by atoms with Gasteiger partial charge in [-0.2, -0.15) is 0 Å². The molecule has 2 rings (SSSR count). The van der Waals surface area contributed by atoms with E-state index in [4.69, 9.17) is 23.2 Å². The monoisotopic (exact) mass is 390 g/mol. The molecule has 1 amide bonds. The molecular formula is C20H20Cl2N2O2. The number of allylic oxidation sites excluding steroid dienone is 1. The fourth-order valence-electron chi connectivity index (χ4n) is 2.44. The number of nitrogens with one attached hydrogen (secondary N) is 1. The van der Waals surface area contributed by atoms with Crippen LogP contribution in [0.5, 0.6) is 0 Å². The zero-order chi connectivity index (χ0) is 19.1. The molecule has 0 heterocycles. The van der Waals surface area contributed by atoms with Crippen LogP contribution in [-0.4, -0.2) is 29.7 Å². The molecule has 0 aliphatic heterocycles. The van der Waals surface area contributed by atoms with Crippen LogP contribution in [0.2, 0.25) is 10.0 Å². The molecule has 0 radical (unpaired) electrons. The smallest absolute Gasteiger partial charge is 0.258 e. The summed E-state index contributed by atoms with van der Waals surface area (Å²) in [7, 11) is 0. The van der Waals surface area contributed by atoms with Crippen molar-refractivity contribution in [2.24, 2.45) is 0 Å². The Morgan fingerprint density at radius 1 is 1.04 bits per heavy atom. The number of nitrogens with zero attached hydrogens (tertiary/aromatic N) is 1. The zero-order valence-corrected chi connectivity index (χ0v) is 16.1. The van der Waals surface area contributed by atoms with Gasteiger partial charge < -0.3 is 10.2 Å². The molecule has 2 aromatic carbocycles. The predicted molar refractivity (Wildman–Crippen MR) is 106 cm³/mol. The second-order valence-corrected chi connectivity index (χ2v) is 6.35. The number of benzene rings is 2. The molecule has 0 saturated heterocycles. The summed E-state index contributed by atoms with van der Waals surface area (Å²) < 4.78 is 0. The molecular weight excluding hydrogens is 371 g/mol. The Morgan fingerprint density at radius 2 is 1.69 bits per heavy atom. The van der Waals surface area contributed by atoms with E-state index in [-0.39, 0.29) is 11.3 Å². The standard InChI is InChI=1S/C20H20Cl2N2O2/c1-3-24(4-2)19(13-18(25)14-8-6-5-7-9-14)23-20(26)16-12-15(21)10-11-17(16)22/h5-13H,3-4H2,1-2H3,(H,23,26)/b19-13-. The fourth-order valence-corrected chi connectivity index (χ4v) is 2.81. The van der Waals surface area contributed by atoms with Gasteiger partial charge in [-0.1, -0.05) is 53.5 Å². The van der Waals surface area contributed by atoms with Gasteiger partial charge in [-0.15, -0.1) is 0 Å². The van der Waals surface area contributed by atoms with E-state index in [9.17, 15) is 9.59 Å². The van der Waals surface area contributed by atoms with Crippen molar-refractivity contribution in [3.05, 3.63) is 81.6 Å². The average molecular weight is 391 g/mol. The predicted octanol–water partition coefficient (Wildman–Crippen LogP) is 4.79. The number of halogens is 2. The summed E-state index contributed by atoms with van der Waals surface area (Å²) in [6.45, 7) is 5.16. The highest BCUT2D eigenvalue weighted by Gasteiger charge is 2.16. The lowest BCUT2D eigenvalue weighted by atomic mass is 10.1. The van der Waals surface area contributed by atoms with Gasteiger partial charge in [-0.05, 0) is 32.0 Å². The van der Waals surface area contributed by atoms with Crippen molar-refractivity contribution in [3.63, 3.8) is 0 Å². The summed E-state index contributed by atoms with van der Waals surface area (Å²) in [5.41, 5.74) is 0.802. The minimum Gasteiger partial charge on any atom is -0.359 e. The Bertz CT molecular complexity index is 816. The van der Waals surface area contributed by atoms with Gasteiger partial charge in [0, 0.05) is 29.8 Å². The molecule has 0 unspecified atom stereocenters. The summed E-state index contributed by atoms with van der Waals surface area (Å²) in [6.07, 6.45) is 1.43. The van der Waals surface area contributed by atoms with Gasteiger partial charge in [0.2, 0.25) is 0 Å². The molecule has 26 heavy (non-hydrogen) atoms. The normalized spacial score (nSPS) is 11.2. The van der Waals surface area contributed by atoms with Crippen molar-refractivity contribution in [3.8, 4) is 0 Å². The second kappa shape index (κ2) is 9.41. The number of carbonyl (C=O) groups is 2. The highest BCUT2D eigenvalue weighted by atomic mass is 35.5. The minimum absolute atomic E-state index is 0.190. The maximum absolute atomic E-state index is 12.6. The zero-order valence-electron chi connectivity index (χ0n) is 14.6. The van der Waals surface area contributed by atoms with E-state index in [0.717, 1.165) is 0 Å². The van der Waals surface area contributed by atoms with Crippen LogP contribution in [0.4, 0.5) is 0 Å². The van der Waals surface area contributed by atoms with Gasteiger partial charge in [0.05, 0.1) is 10.6 Å². The van der Waals surface area contributed by atoms with Crippen molar-refractivity contribution in [2.45, 2.75) is 13.8 Å². The summed E-state index contributed by atoms with van der Waals surface area (Å²) in [5, 5.41) is 3.49. The molecule has 0 bridgehead atoms. The fraction of sp³-hybridized carbons (Fsp3) is 0.200. The summed E-state index contributed by atoms with van der Waals surface area (Å²) >= 11 is 12.1. The van der Waals surface area contributed by atoms with Crippen LogP contribution in [0.15, 0.2) is 60.4 Å². The van der Waals surface area contributed by atoms with Crippen LogP contribution in [0, 0.1) is 0 Å². The van der Waals surface area contributed by atoms with E-state index in [0.29, 0.717) is 34.5 Å². The van der Waals surface area contributed by atoms with Crippen LogP contribution in [-0.2, 0) is 0 Å². The quantitative estimate of drug-likeness (QED) is 0.546. The van der Waals surface area contributed by atoms with Gasteiger partial charge in [-0.3, -0.25) is 9.59 Å². The lowest BCUT2D eigenvalue weighted by Gasteiger charge is -2.25. The van der Waals surface area contributed by atoms with E-state index >= 15 is 0 Å². The molecule has 4 nitrogen and oxygen atoms in total. The third-order valence-electron chi connectivity index (χ3n) is 3.84. The maximum atomic E-state index is 12.6. The molecule has 6 heteroatoms. The van der Waals surface area contributed by atoms with Gasteiger partial charge in [0.25, 0.3) is 5.91 Å². The van der Waals surface area contributed by atoms with Crippen molar-refractivity contribution in [1.29, 1.82) is 0 Å². The van der Waals surface area contributed by atoms with Crippen LogP contribution >= 0.6 is 23.2 Å². The number of carbonyl (C=O) groups excluding carboxylic acids is 2. The first-order valence-electron chi connectivity index (χ1n) is 8.28. The van der Waals surface area contributed by atoms with Gasteiger partial charge in [0.15, 0.2) is 5.78 Å². The average Bonchev–Trinajstić information content (AvgIpc) is 2.65. The van der Waals surface area contributed by atoms with Gasteiger partial charge >= 0.3 is 0 Å². The van der Waals surface area contributed by atoms with Crippen LogP contribution in [0.1, 0.15) is 34.6 Å². The highest BCUT2D eigenvalue weighted by Crippen LogP contribution is 2.21. The Kier molecular flexibility index (Phi) is 7.25. The number of amides is 1. The van der Waals surface area contributed by atoms with Gasteiger partial charge in [0.1, 0.15) is 5.82 Å². The molecule has 0 spiro atoms. The van der Waals surface area contributed by atoms with Crippen molar-refractivity contribution >= 4 is 34.9 Å².